The molecule has 0 spiro atoms. The first-order valence-corrected chi connectivity index (χ1v) is 5.47. The van der Waals surface area contributed by atoms with Crippen molar-refractivity contribution in [2.24, 2.45) is 0 Å². The summed E-state index contributed by atoms with van der Waals surface area (Å²) in [5.41, 5.74) is 0.940. The van der Waals surface area contributed by atoms with Crippen LogP contribution in [0.15, 0.2) is 30.3 Å². The molecule has 82 valence electrons. The summed E-state index contributed by atoms with van der Waals surface area (Å²) in [6.07, 6.45) is 1.87. The smallest absolute Gasteiger partial charge is 0.115 e. The maximum Gasteiger partial charge on any atom is 0.115 e. The van der Waals surface area contributed by atoms with Crippen molar-refractivity contribution in [3.63, 3.8) is 0 Å². The van der Waals surface area contributed by atoms with E-state index in [1.807, 2.05) is 37.3 Å². The molecule has 0 amide bonds. The van der Waals surface area contributed by atoms with Gasteiger partial charge in [0.05, 0.1) is 0 Å². The van der Waals surface area contributed by atoms with Gasteiger partial charge in [0.25, 0.3) is 0 Å². The zero-order valence-corrected chi connectivity index (χ0v) is 9.53. The Morgan fingerprint density at radius 1 is 1.25 bits per heavy atom. The molecule has 1 aromatic rings. The minimum atomic E-state index is -0.543. The molecule has 16 heavy (non-hydrogen) atoms. The van der Waals surface area contributed by atoms with Crippen LogP contribution in [-0.4, -0.2) is 11.2 Å². The lowest BCUT2D eigenvalue weighted by Gasteiger charge is -1.99. The molecule has 0 saturated heterocycles. The van der Waals surface area contributed by atoms with Crippen molar-refractivity contribution in [2.75, 3.05) is 0 Å². The van der Waals surface area contributed by atoms with Crippen LogP contribution in [-0.2, 0) is 0 Å². The molecule has 0 bridgehead atoms. The van der Waals surface area contributed by atoms with Crippen LogP contribution in [0.4, 0.5) is 0 Å². The first-order chi connectivity index (χ1) is 7.83. The molecule has 0 aliphatic carbocycles. The van der Waals surface area contributed by atoms with E-state index in [0.717, 1.165) is 18.4 Å². The highest BCUT2D eigenvalue weighted by atomic mass is 16.3. The van der Waals surface area contributed by atoms with Crippen molar-refractivity contribution in [1.82, 2.24) is 0 Å². The molecule has 1 rings (SSSR count). The first-order valence-electron chi connectivity index (χ1n) is 5.47. The fourth-order valence-corrected chi connectivity index (χ4v) is 1.27. The molecule has 0 aliphatic heterocycles. The van der Waals surface area contributed by atoms with Gasteiger partial charge in [0.15, 0.2) is 0 Å². The number of rotatable bonds is 3. The molecule has 1 heteroatoms. The van der Waals surface area contributed by atoms with Gasteiger partial charge < -0.3 is 5.11 Å². The quantitative estimate of drug-likeness (QED) is 0.603. The SMILES string of the molecule is CC#CCCCC(O)C#Cc1ccccc1. The van der Waals surface area contributed by atoms with Gasteiger partial charge in [-0.2, -0.15) is 0 Å². The van der Waals surface area contributed by atoms with Crippen LogP contribution in [0.5, 0.6) is 0 Å². The number of hydrogen-bond acceptors (Lipinski definition) is 1. The van der Waals surface area contributed by atoms with E-state index in [0.29, 0.717) is 6.42 Å². The maximum atomic E-state index is 9.59. The van der Waals surface area contributed by atoms with Crippen LogP contribution in [0.2, 0.25) is 0 Å². The fraction of sp³-hybridized carbons (Fsp3) is 0.333. The lowest BCUT2D eigenvalue weighted by atomic mass is 10.1. The maximum absolute atomic E-state index is 9.59. The Morgan fingerprint density at radius 3 is 2.69 bits per heavy atom. The third kappa shape index (κ3) is 5.25. The van der Waals surface area contributed by atoms with Crippen molar-refractivity contribution >= 4 is 0 Å². The number of aliphatic hydroxyl groups excluding tert-OH is 1. The molecule has 1 atom stereocenters. The van der Waals surface area contributed by atoms with Crippen LogP contribution in [0, 0.1) is 23.7 Å². The highest BCUT2D eigenvalue weighted by molar-refractivity contribution is 5.34. The average Bonchev–Trinajstić information content (AvgIpc) is 2.33. The summed E-state index contributed by atoms with van der Waals surface area (Å²) >= 11 is 0. The Morgan fingerprint density at radius 2 is 2.00 bits per heavy atom. The predicted octanol–water partition coefficient (Wildman–Crippen LogP) is 2.59. The van der Waals surface area contributed by atoms with Crippen molar-refractivity contribution in [1.29, 1.82) is 0 Å². The lowest BCUT2D eigenvalue weighted by molar-refractivity contribution is 0.219. The van der Waals surface area contributed by atoms with E-state index in [-0.39, 0.29) is 0 Å². The summed E-state index contributed by atoms with van der Waals surface area (Å²) in [5, 5.41) is 9.59. The Bertz CT molecular complexity index is 411. The van der Waals surface area contributed by atoms with Crippen LogP contribution in [0.3, 0.4) is 0 Å². The molecule has 0 aromatic heterocycles. The van der Waals surface area contributed by atoms with E-state index in [1.54, 1.807) is 0 Å². The molecule has 0 aliphatic rings. The minimum absolute atomic E-state index is 0.543. The van der Waals surface area contributed by atoms with Gasteiger partial charge in [0.2, 0.25) is 0 Å². The number of hydrogen-bond donors (Lipinski definition) is 1. The molecular formula is C15H16O. The standard InChI is InChI=1S/C15H16O/c1-2-3-4-8-11-15(16)13-12-14-9-6-5-7-10-14/h5-7,9-10,15-16H,4,8,11H2,1H3. The normalized spacial score (nSPS) is 10.6. The van der Waals surface area contributed by atoms with Crippen molar-refractivity contribution in [2.45, 2.75) is 32.3 Å². The van der Waals surface area contributed by atoms with Gasteiger partial charge in [-0.25, -0.2) is 0 Å². The summed E-state index contributed by atoms with van der Waals surface area (Å²) < 4.78 is 0. The first kappa shape index (κ1) is 12.4. The Kier molecular flexibility index (Phi) is 5.86. The third-order valence-corrected chi connectivity index (χ3v) is 2.11. The largest absolute Gasteiger partial charge is 0.380 e. The lowest BCUT2D eigenvalue weighted by Crippen LogP contribution is -2.01. The van der Waals surface area contributed by atoms with E-state index in [2.05, 4.69) is 23.7 Å². The van der Waals surface area contributed by atoms with Gasteiger partial charge in [0.1, 0.15) is 6.10 Å². The van der Waals surface area contributed by atoms with Crippen LogP contribution in [0.1, 0.15) is 31.7 Å². The Labute approximate surface area is 97.5 Å². The summed E-state index contributed by atoms with van der Waals surface area (Å²) in [4.78, 5) is 0. The van der Waals surface area contributed by atoms with Crippen LogP contribution < -0.4 is 0 Å². The number of aliphatic hydroxyl groups is 1. The summed E-state index contributed by atoms with van der Waals surface area (Å²) in [7, 11) is 0. The second-order valence-corrected chi connectivity index (χ2v) is 3.47. The van der Waals surface area contributed by atoms with E-state index < -0.39 is 6.10 Å². The Balaban J connectivity index is 2.36. The molecule has 0 fully saturated rings. The topological polar surface area (TPSA) is 20.2 Å². The van der Waals surface area contributed by atoms with Gasteiger partial charge in [-0.15, -0.1) is 11.8 Å². The number of unbranched alkanes of at least 4 members (excludes halogenated alkanes) is 1. The Hall–Kier alpha value is -1.70. The molecule has 0 saturated carbocycles. The van der Waals surface area contributed by atoms with Crippen molar-refractivity contribution < 1.29 is 5.11 Å². The van der Waals surface area contributed by atoms with Gasteiger partial charge in [-0.05, 0) is 31.9 Å². The van der Waals surface area contributed by atoms with Gasteiger partial charge in [0, 0.05) is 12.0 Å². The van der Waals surface area contributed by atoms with Crippen molar-refractivity contribution in [3.05, 3.63) is 35.9 Å². The fourth-order valence-electron chi connectivity index (χ4n) is 1.27. The average molecular weight is 212 g/mol. The molecule has 0 heterocycles. The molecule has 1 unspecified atom stereocenters. The second kappa shape index (κ2) is 7.57. The number of benzene rings is 1. The molecule has 0 radical (unpaired) electrons. The summed E-state index contributed by atoms with van der Waals surface area (Å²) in [6, 6.07) is 9.69. The minimum Gasteiger partial charge on any atom is -0.380 e. The molecule has 1 N–H and O–H groups in total. The van der Waals surface area contributed by atoms with Gasteiger partial charge >= 0.3 is 0 Å². The van der Waals surface area contributed by atoms with E-state index in [1.165, 1.54) is 0 Å². The zero-order chi connectivity index (χ0) is 11.6. The van der Waals surface area contributed by atoms with E-state index >= 15 is 0 Å². The summed E-state index contributed by atoms with van der Waals surface area (Å²) in [6.45, 7) is 1.83. The summed E-state index contributed by atoms with van der Waals surface area (Å²) in [5.74, 6) is 11.6. The third-order valence-electron chi connectivity index (χ3n) is 2.11. The van der Waals surface area contributed by atoms with E-state index in [4.69, 9.17) is 0 Å². The van der Waals surface area contributed by atoms with Crippen molar-refractivity contribution in [3.8, 4) is 23.7 Å². The molecule has 1 nitrogen and oxygen atoms in total. The highest BCUT2D eigenvalue weighted by Gasteiger charge is 1.97. The van der Waals surface area contributed by atoms with Crippen LogP contribution in [0.25, 0.3) is 0 Å². The van der Waals surface area contributed by atoms with Gasteiger partial charge in [-0.1, -0.05) is 30.0 Å². The predicted molar refractivity (Wildman–Crippen MR) is 66.6 cm³/mol. The monoisotopic (exact) mass is 212 g/mol. The molecular weight excluding hydrogens is 196 g/mol. The van der Waals surface area contributed by atoms with E-state index in [9.17, 15) is 5.11 Å². The molecule has 1 aromatic carbocycles. The zero-order valence-electron chi connectivity index (χ0n) is 9.53. The second-order valence-electron chi connectivity index (χ2n) is 3.47. The van der Waals surface area contributed by atoms with Crippen LogP contribution >= 0.6 is 0 Å². The van der Waals surface area contributed by atoms with Gasteiger partial charge in [-0.3, -0.25) is 0 Å². The highest BCUT2D eigenvalue weighted by Crippen LogP contribution is 2.00.